The van der Waals surface area contributed by atoms with Crippen molar-refractivity contribution in [3.05, 3.63) is 29.3 Å². The SMILES string of the molecule is CC(=O)N1CCCc2cc(CC(C)NCC(C)C)ccc21. The molecule has 116 valence electrons. The van der Waals surface area contributed by atoms with Crippen LogP contribution in [-0.4, -0.2) is 25.0 Å². The van der Waals surface area contributed by atoms with Gasteiger partial charge in [-0.05, 0) is 55.8 Å². The van der Waals surface area contributed by atoms with Crippen LogP contribution in [0.5, 0.6) is 0 Å². The van der Waals surface area contributed by atoms with Gasteiger partial charge in [-0.25, -0.2) is 0 Å². The molecular formula is C18H28N2O. The molecule has 1 aliphatic rings. The molecule has 0 fully saturated rings. The number of nitrogens with zero attached hydrogens (tertiary/aromatic N) is 1. The summed E-state index contributed by atoms with van der Waals surface area (Å²) < 4.78 is 0. The summed E-state index contributed by atoms with van der Waals surface area (Å²) in [5.41, 5.74) is 3.80. The van der Waals surface area contributed by atoms with Gasteiger partial charge in [0, 0.05) is 25.2 Å². The van der Waals surface area contributed by atoms with E-state index in [0.29, 0.717) is 12.0 Å². The number of amides is 1. The Labute approximate surface area is 128 Å². The second-order valence-corrected chi connectivity index (χ2v) is 6.64. The Bertz CT molecular complexity index is 496. The van der Waals surface area contributed by atoms with Gasteiger partial charge in [0.1, 0.15) is 0 Å². The lowest BCUT2D eigenvalue weighted by Crippen LogP contribution is -2.34. The summed E-state index contributed by atoms with van der Waals surface area (Å²) in [4.78, 5) is 13.6. The van der Waals surface area contributed by atoms with Gasteiger partial charge < -0.3 is 10.2 Å². The maximum Gasteiger partial charge on any atom is 0.223 e. The number of anilines is 1. The van der Waals surface area contributed by atoms with Gasteiger partial charge in [0.05, 0.1) is 0 Å². The van der Waals surface area contributed by atoms with Crippen molar-refractivity contribution in [2.75, 3.05) is 18.0 Å². The lowest BCUT2D eigenvalue weighted by molar-refractivity contribution is -0.116. The fraction of sp³-hybridized carbons (Fsp3) is 0.611. The molecule has 0 aromatic heterocycles. The number of carbonyl (C=O) groups is 1. The third-order valence-corrected chi connectivity index (χ3v) is 4.06. The van der Waals surface area contributed by atoms with Gasteiger partial charge in [0.15, 0.2) is 0 Å². The summed E-state index contributed by atoms with van der Waals surface area (Å²) in [6.45, 7) is 10.3. The van der Waals surface area contributed by atoms with E-state index in [1.165, 1.54) is 11.1 Å². The molecule has 1 amide bonds. The van der Waals surface area contributed by atoms with E-state index in [0.717, 1.165) is 38.0 Å². The second-order valence-electron chi connectivity index (χ2n) is 6.64. The first-order valence-electron chi connectivity index (χ1n) is 8.10. The molecule has 1 aromatic rings. The molecule has 0 aliphatic carbocycles. The third kappa shape index (κ3) is 4.31. The van der Waals surface area contributed by atoms with Crippen LogP contribution in [0.15, 0.2) is 18.2 Å². The number of fused-ring (bicyclic) bond motifs is 1. The fourth-order valence-electron chi connectivity index (χ4n) is 2.97. The van der Waals surface area contributed by atoms with Crippen LogP contribution in [0.3, 0.4) is 0 Å². The summed E-state index contributed by atoms with van der Waals surface area (Å²) in [7, 11) is 0. The van der Waals surface area contributed by atoms with E-state index in [1.807, 2.05) is 4.90 Å². The molecule has 3 heteroatoms. The van der Waals surface area contributed by atoms with Gasteiger partial charge in [-0.15, -0.1) is 0 Å². The Kier molecular flexibility index (Phi) is 5.40. The van der Waals surface area contributed by atoms with Crippen LogP contribution < -0.4 is 10.2 Å². The summed E-state index contributed by atoms with van der Waals surface area (Å²) in [5.74, 6) is 0.829. The zero-order chi connectivity index (χ0) is 15.4. The lowest BCUT2D eigenvalue weighted by Gasteiger charge is -2.29. The topological polar surface area (TPSA) is 32.3 Å². The summed E-state index contributed by atoms with van der Waals surface area (Å²) >= 11 is 0. The van der Waals surface area contributed by atoms with Crippen molar-refractivity contribution in [3.63, 3.8) is 0 Å². The minimum absolute atomic E-state index is 0.149. The Morgan fingerprint density at radius 3 is 2.76 bits per heavy atom. The van der Waals surface area contributed by atoms with E-state index < -0.39 is 0 Å². The van der Waals surface area contributed by atoms with Gasteiger partial charge in [-0.2, -0.15) is 0 Å². The van der Waals surface area contributed by atoms with Crippen molar-refractivity contribution >= 4 is 11.6 Å². The van der Waals surface area contributed by atoms with Gasteiger partial charge >= 0.3 is 0 Å². The van der Waals surface area contributed by atoms with Crippen molar-refractivity contribution in [1.82, 2.24) is 5.32 Å². The number of rotatable bonds is 5. The first-order valence-corrected chi connectivity index (χ1v) is 8.10. The van der Waals surface area contributed by atoms with E-state index in [1.54, 1.807) is 6.92 Å². The number of carbonyl (C=O) groups excluding carboxylic acids is 1. The Morgan fingerprint density at radius 2 is 2.10 bits per heavy atom. The van der Waals surface area contributed by atoms with Crippen molar-refractivity contribution in [2.24, 2.45) is 5.92 Å². The normalized spacial score (nSPS) is 16.0. The molecule has 0 saturated carbocycles. The van der Waals surface area contributed by atoms with E-state index in [2.05, 4.69) is 44.3 Å². The van der Waals surface area contributed by atoms with Crippen molar-refractivity contribution in [2.45, 2.75) is 53.0 Å². The Hall–Kier alpha value is -1.35. The summed E-state index contributed by atoms with van der Waals surface area (Å²) in [6, 6.07) is 7.07. The Morgan fingerprint density at radius 1 is 1.33 bits per heavy atom. The molecule has 21 heavy (non-hydrogen) atoms. The molecule has 1 aliphatic heterocycles. The van der Waals surface area contributed by atoms with Crippen LogP contribution in [-0.2, 0) is 17.6 Å². The molecule has 3 nitrogen and oxygen atoms in total. The minimum atomic E-state index is 0.149. The van der Waals surface area contributed by atoms with Crippen LogP contribution in [0.4, 0.5) is 5.69 Å². The van der Waals surface area contributed by atoms with Gasteiger partial charge in [-0.1, -0.05) is 26.0 Å². The standard InChI is InChI=1S/C18H28N2O/c1-13(2)12-19-14(3)10-16-7-8-18-17(11-16)6-5-9-20(18)15(4)21/h7-8,11,13-14,19H,5-6,9-10,12H2,1-4H3. The number of hydrogen-bond acceptors (Lipinski definition) is 2. The maximum absolute atomic E-state index is 11.7. The molecule has 0 radical (unpaired) electrons. The van der Waals surface area contributed by atoms with Crippen molar-refractivity contribution in [3.8, 4) is 0 Å². The summed E-state index contributed by atoms with van der Waals surface area (Å²) in [5, 5.41) is 3.57. The van der Waals surface area contributed by atoms with Crippen molar-refractivity contribution < 1.29 is 4.79 Å². The Balaban J connectivity index is 2.05. The molecule has 1 unspecified atom stereocenters. The predicted octanol–water partition coefficient (Wildman–Crippen LogP) is 3.16. The molecule has 0 spiro atoms. The van der Waals surface area contributed by atoms with Crippen molar-refractivity contribution in [1.29, 1.82) is 0 Å². The average molecular weight is 288 g/mol. The second kappa shape index (κ2) is 7.08. The van der Waals surface area contributed by atoms with Crippen LogP contribution >= 0.6 is 0 Å². The molecule has 2 rings (SSSR count). The van der Waals surface area contributed by atoms with E-state index >= 15 is 0 Å². The highest BCUT2D eigenvalue weighted by Gasteiger charge is 2.20. The number of hydrogen-bond donors (Lipinski definition) is 1. The number of aryl methyl sites for hydroxylation is 1. The highest BCUT2D eigenvalue weighted by Crippen LogP contribution is 2.28. The number of nitrogens with one attached hydrogen (secondary N) is 1. The van der Waals surface area contributed by atoms with E-state index in [9.17, 15) is 4.79 Å². The average Bonchev–Trinajstić information content (AvgIpc) is 2.44. The smallest absolute Gasteiger partial charge is 0.223 e. The van der Waals surface area contributed by atoms with Gasteiger partial charge in [0.2, 0.25) is 5.91 Å². The van der Waals surface area contributed by atoms with E-state index in [-0.39, 0.29) is 5.91 Å². The van der Waals surface area contributed by atoms with Crippen LogP contribution in [0.2, 0.25) is 0 Å². The molecule has 1 heterocycles. The van der Waals surface area contributed by atoms with Crippen LogP contribution in [0.1, 0.15) is 45.2 Å². The first-order chi connectivity index (χ1) is 9.97. The molecular weight excluding hydrogens is 260 g/mol. The summed E-state index contributed by atoms with van der Waals surface area (Å²) in [6.07, 6.45) is 3.19. The largest absolute Gasteiger partial charge is 0.314 e. The molecule has 1 N–H and O–H groups in total. The monoisotopic (exact) mass is 288 g/mol. The van der Waals surface area contributed by atoms with E-state index in [4.69, 9.17) is 0 Å². The molecule has 0 bridgehead atoms. The van der Waals surface area contributed by atoms with Gasteiger partial charge in [0.25, 0.3) is 0 Å². The highest BCUT2D eigenvalue weighted by atomic mass is 16.2. The molecule has 0 saturated heterocycles. The first kappa shape index (κ1) is 16.0. The maximum atomic E-state index is 11.7. The highest BCUT2D eigenvalue weighted by molar-refractivity contribution is 5.92. The predicted molar refractivity (Wildman–Crippen MR) is 88.8 cm³/mol. The van der Waals surface area contributed by atoms with Gasteiger partial charge in [-0.3, -0.25) is 4.79 Å². The fourth-order valence-corrected chi connectivity index (χ4v) is 2.97. The third-order valence-electron chi connectivity index (χ3n) is 4.06. The zero-order valence-electron chi connectivity index (χ0n) is 13.8. The van der Waals surface area contributed by atoms with Crippen LogP contribution in [0, 0.1) is 5.92 Å². The lowest BCUT2D eigenvalue weighted by atomic mass is 9.96. The molecule has 1 aromatic carbocycles. The minimum Gasteiger partial charge on any atom is -0.314 e. The zero-order valence-corrected chi connectivity index (χ0v) is 13.8. The number of benzene rings is 1. The van der Waals surface area contributed by atoms with Crippen LogP contribution in [0.25, 0.3) is 0 Å². The quantitative estimate of drug-likeness (QED) is 0.902. The molecule has 1 atom stereocenters.